The van der Waals surface area contributed by atoms with Crippen molar-refractivity contribution < 1.29 is 22.7 Å². The molecule has 0 heterocycles. The van der Waals surface area contributed by atoms with Crippen LogP contribution in [0.4, 0.5) is 5.69 Å². The van der Waals surface area contributed by atoms with E-state index in [4.69, 9.17) is 16.3 Å². The third kappa shape index (κ3) is 8.24. The summed E-state index contributed by atoms with van der Waals surface area (Å²) in [6, 6.07) is 19.1. The number of anilines is 1. The number of methoxy groups -OCH3 is 1. The first kappa shape index (κ1) is 32.0. The number of benzene rings is 3. The molecular weight excluding hydrogens is 562 g/mol. The molecule has 0 unspecified atom stereocenters. The lowest BCUT2D eigenvalue weighted by atomic mass is 10.1. The van der Waals surface area contributed by atoms with Gasteiger partial charge in [0.1, 0.15) is 18.3 Å². The van der Waals surface area contributed by atoms with Crippen LogP contribution in [0, 0.1) is 12.8 Å². The van der Waals surface area contributed by atoms with Crippen molar-refractivity contribution >= 4 is 39.1 Å². The number of aryl methyl sites for hydroxylation is 1. The van der Waals surface area contributed by atoms with Crippen molar-refractivity contribution in [3.05, 3.63) is 88.9 Å². The Kier molecular flexibility index (Phi) is 11.2. The highest BCUT2D eigenvalue weighted by molar-refractivity contribution is 7.92. The van der Waals surface area contributed by atoms with E-state index in [1.807, 2.05) is 52.0 Å². The van der Waals surface area contributed by atoms with Gasteiger partial charge in [-0.1, -0.05) is 62.7 Å². The second kappa shape index (κ2) is 14.4. The van der Waals surface area contributed by atoms with E-state index in [1.165, 1.54) is 30.2 Å². The first-order valence-corrected chi connectivity index (χ1v) is 15.3. The van der Waals surface area contributed by atoms with Gasteiger partial charge in [0.25, 0.3) is 10.0 Å². The van der Waals surface area contributed by atoms with E-state index < -0.39 is 28.5 Å². The second-order valence-corrected chi connectivity index (χ2v) is 12.5. The third-order valence-corrected chi connectivity index (χ3v) is 8.72. The molecule has 41 heavy (non-hydrogen) atoms. The smallest absolute Gasteiger partial charge is 0.264 e. The minimum Gasteiger partial charge on any atom is -0.497 e. The molecule has 10 heteroatoms. The van der Waals surface area contributed by atoms with Crippen molar-refractivity contribution in [2.75, 3.05) is 24.5 Å². The van der Waals surface area contributed by atoms with Crippen LogP contribution in [0.2, 0.25) is 5.02 Å². The predicted molar refractivity (Wildman–Crippen MR) is 163 cm³/mol. The van der Waals surface area contributed by atoms with Crippen molar-refractivity contribution in [2.45, 2.75) is 51.6 Å². The number of nitrogens with zero attached hydrogens (tertiary/aromatic N) is 2. The fourth-order valence-corrected chi connectivity index (χ4v) is 5.94. The summed E-state index contributed by atoms with van der Waals surface area (Å²) in [7, 11) is -2.72. The summed E-state index contributed by atoms with van der Waals surface area (Å²) in [6.07, 6.45) is 0.351. The van der Waals surface area contributed by atoms with Crippen molar-refractivity contribution in [1.29, 1.82) is 0 Å². The zero-order valence-electron chi connectivity index (χ0n) is 24.1. The Morgan fingerprint density at radius 2 is 1.68 bits per heavy atom. The maximum Gasteiger partial charge on any atom is 0.264 e. The molecule has 0 saturated heterocycles. The number of hydrogen-bond acceptors (Lipinski definition) is 5. The van der Waals surface area contributed by atoms with Crippen molar-refractivity contribution in [3.8, 4) is 5.75 Å². The minimum absolute atomic E-state index is 0.0155. The number of halogens is 1. The number of carbonyl (C=O) groups excluding carboxylic acids is 2. The van der Waals surface area contributed by atoms with Gasteiger partial charge >= 0.3 is 0 Å². The lowest BCUT2D eigenvalue weighted by molar-refractivity contribution is -0.140. The van der Waals surface area contributed by atoms with Gasteiger partial charge < -0.3 is 15.0 Å². The molecule has 0 aliphatic heterocycles. The Morgan fingerprint density at radius 3 is 2.27 bits per heavy atom. The van der Waals surface area contributed by atoms with Crippen LogP contribution < -0.4 is 14.4 Å². The van der Waals surface area contributed by atoms with Gasteiger partial charge in [0.05, 0.1) is 17.7 Å². The van der Waals surface area contributed by atoms with Crippen LogP contribution in [-0.4, -0.2) is 51.4 Å². The summed E-state index contributed by atoms with van der Waals surface area (Å²) in [5.41, 5.74) is 2.05. The molecule has 3 aromatic rings. The van der Waals surface area contributed by atoms with Crippen LogP contribution in [-0.2, 0) is 26.2 Å². The lowest BCUT2D eigenvalue weighted by Gasteiger charge is -2.33. The molecule has 2 amide bonds. The standard InChI is InChI=1S/C31H38ClN3O5S/c1-6-29(31(37)33-19-22(2)3)34(20-24-11-8-7-10-23(24)4)30(36)21-35(26-13-9-12-25(32)18-26)41(38,39)28-16-14-27(40-5)15-17-28/h7-18,22,29H,6,19-21H2,1-5H3,(H,33,37)/t29-/m1/s1. The van der Waals surface area contributed by atoms with Gasteiger partial charge in [0.2, 0.25) is 11.8 Å². The molecule has 0 fully saturated rings. The molecule has 8 nitrogen and oxygen atoms in total. The molecule has 3 rings (SSSR count). The zero-order valence-corrected chi connectivity index (χ0v) is 25.7. The molecule has 1 N–H and O–H groups in total. The number of ether oxygens (including phenoxy) is 1. The van der Waals surface area contributed by atoms with Crippen molar-refractivity contribution in [1.82, 2.24) is 10.2 Å². The zero-order chi connectivity index (χ0) is 30.2. The van der Waals surface area contributed by atoms with E-state index in [0.717, 1.165) is 15.4 Å². The van der Waals surface area contributed by atoms with Gasteiger partial charge in [-0.2, -0.15) is 0 Å². The Hall–Kier alpha value is -3.56. The van der Waals surface area contributed by atoms with Gasteiger partial charge in [-0.05, 0) is 72.9 Å². The Labute approximate surface area is 248 Å². The number of nitrogens with one attached hydrogen (secondary N) is 1. The van der Waals surface area contributed by atoms with Crippen LogP contribution >= 0.6 is 11.6 Å². The molecule has 1 atom stereocenters. The van der Waals surface area contributed by atoms with Gasteiger partial charge in [0, 0.05) is 18.1 Å². The number of sulfonamides is 1. The fourth-order valence-electron chi connectivity index (χ4n) is 4.35. The number of amides is 2. The SMILES string of the molecule is CC[C@H](C(=O)NCC(C)C)N(Cc1ccccc1C)C(=O)CN(c1cccc(Cl)c1)S(=O)(=O)c1ccc(OC)cc1. The van der Waals surface area contributed by atoms with Crippen LogP contribution in [0.1, 0.15) is 38.3 Å². The highest BCUT2D eigenvalue weighted by Gasteiger charge is 2.34. The average Bonchev–Trinajstić information content (AvgIpc) is 2.95. The van der Waals surface area contributed by atoms with Crippen molar-refractivity contribution in [2.24, 2.45) is 5.92 Å². The lowest BCUT2D eigenvalue weighted by Crippen LogP contribution is -2.52. The maximum absolute atomic E-state index is 14.1. The van der Waals surface area contributed by atoms with E-state index in [1.54, 1.807) is 30.3 Å². The summed E-state index contributed by atoms with van der Waals surface area (Å²) in [5.74, 6) is -0.0748. The van der Waals surface area contributed by atoms with Crippen LogP contribution in [0.15, 0.2) is 77.7 Å². The Balaban J connectivity index is 2.06. The summed E-state index contributed by atoms with van der Waals surface area (Å²) in [5, 5.41) is 3.25. The molecule has 0 bridgehead atoms. The fraction of sp³-hybridized carbons (Fsp3) is 0.355. The van der Waals surface area contributed by atoms with E-state index >= 15 is 0 Å². The normalized spacial score (nSPS) is 12.1. The van der Waals surface area contributed by atoms with E-state index in [-0.39, 0.29) is 29.0 Å². The molecule has 3 aromatic carbocycles. The quantitative estimate of drug-likeness (QED) is 0.283. The monoisotopic (exact) mass is 599 g/mol. The van der Waals surface area contributed by atoms with Crippen LogP contribution in [0.5, 0.6) is 5.75 Å². The van der Waals surface area contributed by atoms with Crippen LogP contribution in [0.25, 0.3) is 0 Å². The summed E-state index contributed by atoms with van der Waals surface area (Å²) < 4.78 is 34.1. The predicted octanol–water partition coefficient (Wildman–Crippen LogP) is 5.43. The van der Waals surface area contributed by atoms with Gasteiger partial charge in [-0.3, -0.25) is 13.9 Å². The topological polar surface area (TPSA) is 96.0 Å². The van der Waals surface area contributed by atoms with Gasteiger partial charge in [-0.15, -0.1) is 0 Å². The number of hydrogen-bond donors (Lipinski definition) is 1. The van der Waals surface area contributed by atoms with Gasteiger partial charge in [0.15, 0.2) is 0 Å². The second-order valence-electron chi connectivity index (χ2n) is 10.2. The summed E-state index contributed by atoms with van der Waals surface area (Å²) in [6.45, 7) is 7.82. The van der Waals surface area contributed by atoms with Gasteiger partial charge in [-0.25, -0.2) is 8.42 Å². The first-order chi connectivity index (χ1) is 19.5. The van der Waals surface area contributed by atoms with Crippen LogP contribution in [0.3, 0.4) is 0 Å². The number of carbonyl (C=O) groups is 2. The largest absolute Gasteiger partial charge is 0.497 e. The molecular formula is C31H38ClN3O5S. The Morgan fingerprint density at radius 1 is 1.00 bits per heavy atom. The Bertz CT molecular complexity index is 1440. The minimum atomic E-state index is -4.21. The molecule has 0 aliphatic rings. The summed E-state index contributed by atoms with van der Waals surface area (Å²) >= 11 is 6.24. The molecule has 0 spiro atoms. The molecule has 0 aromatic heterocycles. The number of rotatable bonds is 13. The van der Waals surface area contributed by atoms with E-state index in [9.17, 15) is 18.0 Å². The third-order valence-electron chi connectivity index (χ3n) is 6.69. The summed E-state index contributed by atoms with van der Waals surface area (Å²) in [4.78, 5) is 28.9. The molecule has 0 radical (unpaired) electrons. The van der Waals surface area contributed by atoms with E-state index in [0.29, 0.717) is 23.7 Å². The highest BCUT2D eigenvalue weighted by Crippen LogP contribution is 2.28. The molecule has 0 saturated carbocycles. The molecule has 0 aliphatic carbocycles. The molecule has 220 valence electrons. The average molecular weight is 600 g/mol. The first-order valence-electron chi connectivity index (χ1n) is 13.5. The highest BCUT2D eigenvalue weighted by atomic mass is 35.5. The maximum atomic E-state index is 14.1. The van der Waals surface area contributed by atoms with E-state index in [2.05, 4.69) is 5.32 Å². The van der Waals surface area contributed by atoms with Crippen molar-refractivity contribution in [3.63, 3.8) is 0 Å².